The fourth-order valence-electron chi connectivity index (χ4n) is 1.15. The van der Waals surface area contributed by atoms with E-state index in [2.05, 4.69) is 5.32 Å². The van der Waals surface area contributed by atoms with Crippen molar-refractivity contribution < 1.29 is 14.3 Å². The van der Waals surface area contributed by atoms with Gasteiger partial charge in [0.05, 0.1) is 17.8 Å². The predicted octanol–water partition coefficient (Wildman–Crippen LogP) is 1.93. The number of ether oxygens (including phenoxy) is 1. The molecule has 0 unspecified atom stereocenters. The van der Waals surface area contributed by atoms with Crippen LogP contribution in [0.1, 0.15) is 10.4 Å². The Kier molecular flexibility index (Phi) is 5.87. The quantitative estimate of drug-likeness (QED) is 0.677. The van der Waals surface area contributed by atoms with Crippen LogP contribution < -0.4 is 11.1 Å². The number of amides is 1. The number of carbonyl (C=O) groups is 2. The molecule has 1 aromatic rings. The minimum absolute atomic E-state index is 0.0959. The highest BCUT2D eigenvalue weighted by Gasteiger charge is 2.24. The number of carbonyl (C=O) groups excluding carboxylic acids is 2. The fraction of sp³-hybridized carbons (Fsp3) is 0.273. The highest BCUT2D eigenvalue weighted by atomic mass is 35.6. The second kappa shape index (κ2) is 6.96. The number of halogens is 3. The van der Waals surface area contributed by atoms with Gasteiger partial charge in [0.25, 0.3) is 5.91 Å². The number of hydrogen-bond acceptors (Lipinski definition) is 4. The minimum Gasteiger partial charge on any atom is -0.457 e. The van der Waals surface area contributed by atoms with E-state index in [0.717, 1.165) is 0 Å². The maximum absolute atomic E-state index is 11.8. The molecular formula is C11H10Cl3N2O3. The van der Waals surface area contributed by atoms with Gasteiger partial charge < -0.3 is 10.5 Å². The van der Waals surface area contributed by atoms with Crippen LogP contribution in [0.4, 0.5) is 5.69 Å². The van der Waals surface area contributed by atoms with Crippen LogP contribution in [-0.4, -0.2) is 28.8 Å². The van der Waals surface area contributed by atoms with Crippen molar-refractivity contribution in [2.75, 3.05) is 13.2 Å². The van der Waals surface area contributed by atoms with Gasteiger partial charge in [0.15, 0.2) is 0 Å². The number of benzene rings is 1. The molecule has 0 fully saturated rings. The molecule has 1 aromatic carbocycles. The zero-order valence-corrected chi connectivity index (χ0v) is 11.9. The molecule has 0 aliphatic carbocycles. The van der Waals surface area contributed by atoms with E-state index in [1.165, 1.54) is 12.1 Å². The average Bonchev–Trinajstić information content (AvgIpc) is 2.35. The predicted molar refractivity (Wildman–Crippen MR) is 72.9 cm³/mol. The number of hydrogen-bond donors (Lipinski definition) is 1. The van der Waals surface area contributed by atoms with Crippen LogP contribution >= 0.6 is 34.8 Å². The molecule has 0 spiro atoms. The first-order valence-corrected chi connectivity index (χ1v) is 6.24. The lowest BCUT2D eigenvalue weighted by atomic mass is 10.2. The van der Waals surface area contributed by atoms with Crippen LogP contribution in [0.2, 0.25) is 0 Å². The molecule has 19 heavy (non-hydrogen) atoms. The largest absolute Gasteiger partial charge is 0.457 e. The Hall–Kier alpha value is -1.01. The van der Waals surface area contributed by atoms with Gasteiger partial charge in [-0.05, 0) is 12.1 Å². The molecule has 0 bridgehead atoms. The highest BCUT2D eigenvalue weighted by molar-refractivity contribution is 6.67. The summed E-state index contributed by atoms with van der Waals surface area (Å²) in [6, 6.07) is 6.15. The number of rotatable bonds is 4. The molecule has 103 valence electrons. The summed E-state index contributed by atoms with van der Waals surface area (Å²) in [7, 11) is 0. The first-order valence-electron chi connectivity index (χ1n) is 5.11. The lowest BCUT2D eigenvalue weighted by Crippen LogP contribution is -2.23. The molecule has 0 atom stereocenters. The van der Waals surface area contributed by atoms with E-state index < -0.39 is 22.3 Å². The molecule has 1 radical (unpaired) electrons. The van der Waals surface area contributed by atoms with Gasteiger partial charge in [0.1, 0.15) is 6.61 Å². The topological polar surface area (TPSA) is 83.5 Å². The Bertz CT molecular complexity index is 474. The van der Waals surface area contributed by atoms with E-state index in [-0.39, 0.29) is 17.8 Å². The summed E-state index contributed by atoms with van der Waals surface area (Å²) in [5, 5.41) is 3.68. The van der Waals surface area contributed by atoms with E-state index in [4.69, 9.17) is 45.3 Å². The van der Waals surface area contributed by atoms with Gasteiger partial charge in [-0.1, -0.05) is 46.9 Å². The molecule has 0 aromatic heterocycles. The van der Waals surface area contributed by atoms with Crippen molar-refractivity contribution in [1.29, 1.82) is 0 Å². The smallest absolute Gasteiger partial charge is 0.340 e. The number of nitrogens with two attached hydrogens (primary N) is 1. The first kappa shape index (κ1) is 16.0. The van der Waals surface area contributed by atoms with Crippen molar-refractivity contribution in [3.63, 3.8) is 0 Å². The number of alkyl halides is 3. The van der Waals surface area contributed by atoms with Crippen LogP contribution in [0.25, 0.3) is 0 Å². The molecule has 1 amide bonds. The third-order valence-electron chi connectivity index (χ3n) is 1.91. The molecule has 2 N–H and O–H groups in total. The van der Waals surface area contributed by atoms with Crippen molar-refractivity contribution in [3.05, 3.63) is 29.8 Å². The molecule has 5 nitrogen and oxygen atoms in total. The van der Waals surface area contributed by atoms with Crippen molar-refractivity contribution in [2.45, 2.75) is 3.79 Å². The van der Waals surface area contributed by atoms with Gasteiger partial charge in [-0.2, -0.15) is 0 Å². The van der Waals surface area contributed by atoms with Crippen LogP contribution in [-0.2, 0) is 9.53 Å². The molecule has 0 aliphatic rings. The van der Waals surface area contributed by atoms with E-state index in [1.54, 1.807) is 12.1 Å². The van der Waals surface area contributed by atoms with E-state index in [1.807, 2.05) is 0 Å². The van der Waals surface area contributed by atoms with Crippen LogP contribution in [0.5, 0.6) is 0 Å². The Balaban J connectivity index is 2.82. The molecule has 0 aliphatic heterocycles. The minimum atomic E-state index is -1.70. The lowest BCUT2D eigenvalue weighted by molar-refractivity contribution is -0.118. The zero-order valence-electron chi connectivity index (χ0n) is 9.61. The Morgan fingerprint density at radius 3 is 2.47 bits per heavy atom. The van der Waals surface area contributed by atoms with Crippen molar-refractivity contribution in [3.8, 4) is 0 Å². The second-order valence-electron chi connectivity index (χ2n) is 3.42. The molecule has 8 heteroatoms. The Morgan fingerprint density at radius 1 is 1.26 bits per heavy atom. The number of nitrogens with zero attached hydrogens (tertiary/aromatic N) is 1. The van der Waals surface area contributed by atoms with E-state index >= 15 is 0 Å². The summed E-state index contributed by atoms with van der Waals surface area (Å²) in [5.41, 5.74) is 5.41. The lowest BCUT2D eigenvalue weighted by Gasteiger charge is -2.12. The first-order chi connectivity index (χ1) is 8.83. The summed E-state index contributed by atoms with van der Waals surface area (Å²) in [5.74, 6) is -1.29. The summed E-state index contributed by atoms with van der Waals surface area (Å²) in [6.45, 7) is -0.660. The molecule has 0 heterocycles. The third-order valence-corrected chi connectivity index (χ3v) is 2.24. The van der Waals surface area contributed by atoms with Crippen molar-refractivity contribution in [1.82, 2.24) is 5.32 Å². The SMILES string of the molecule is NCC(=O)[N]c1ccccc1C(=O)OCC(Cl)(Cl)Cl. The Morgan fingerprint density at radius 2 is 1.89 bits per heavy atom. The maximum Gasteiger partial charge on any atom is 0.340 e. The number of para-hydroxylation sites is 1. The fourth-order valence-corrected chi connectivity index (χ4v) is 1.31. The molecular weight excluding hydrogens is 314 g/mol. The van der Waals surface area contributed by atoms with E-state index in [9.17, 15) is 9.59 Å². The highest BCUT2D eigenvalue weighted by Crippen LogP contribution is 2.27. The summed E-state index contributed by atoms with van der Waals surface area (Å²) in [4.78, 5) is 22.9. The summed E-state index contributed by atoms with van der Waals surface area (Å²) < 4.78 is 3.11. The van der Waals surface area contributed by atoms with Gasteiger partial charge in [-0.3, -0.25) is 4.79 Å². The average molecular weight is 325 g/mol. The molecule has 0 saturated heterocycles. The van der Waals surface area contributed by atoms with Gasteiger partial charge in [0, 0.05) is 0 Å². The maximum atomic E-state index is 11.8. The Labute approximate surface area is 124 Å². The zero-order chi connectivity index (χ0) is 14.5. The molecule has 0 saturated carbocycles. The van der Waals surface area contributed by atoms with Crippen molar-refractivity contribution >= 4 is 52.4 Å². The summed E-state index contributed by atoms with van der Waals surface area (Å²) in [6.07, 6.45) is 0. The van der Waals surface area contributed by atoms with Gasteiger partial charge >= 0.3 is 5.97 Å². The van der Waals surface area contributed by atoms with Gasteiger partial charge in [-0.15, -0.1) is 0 Å². The third kappa shape index (κ3) is 5.65. The molecule has 1 rings (SSSR count). The van der Waals surface area contributed by atoms with E-state index in [0.29, 0.717) is 0 Å². The normalized spacial score (nSPS) is 10.9. The van der Waals surface area contributed by atoms with Crippen molar-refractivity contribution in [2.24, 2.45) is 5.73 Å². The summed E-state index contributed by atoms with van der Waals surface area (Å²) >= 11 is 16.4. The van der Waals surface area contributed by atoms with Gasteiger partial charge in [-0.25, -0.2) is 10.1 Å². The van der Waals surface area contributed by atoms with Crippen LogP contribution in [0.15, 0.2) is 24.3 Å². The van der Waals surface area contributed by atoms with Gasteiger partial charge in [0.2, 0.25) is 3.79 Å². The van der Waals surface area contributed by atoms with Crippen LogP contribution in [0.3, 0.4) is 0 Å². The van der Waals surface area contributed by atoms with Crippen LogP contribution in [0, 0.1) is 0 Å². The standard InChI is InChI=1S/C11H10Cl3N2O3/c12-11(13,14)6-19-10(18)7-3-1-2-4-8(7)16-9(17)5-15/h1-4H,5-6,15H2. The monoisotopic (exact) mass is 323 g/mol. The second-order valence-corrected chi connectivity index (χ2v) is 5.93. The number of esters is 1.